The van der Waals surface area contributed by atoms with Crippen LogP contribution in [0.15, 0.2) is 35.7 Å². The standard InChI is InChI=1S/C17H17F3N4O2S2.ClH/c1-23(2)7-8-24(15(25)22-14-4-3-9-27-14)16-21-12-6-5-11(10-13(12)28-16)26-17(18,19)20;/h3-6,9-10H,7-8H2,1-2H3,(H,22,25);1H. The number of thiazole rings is 1. The van der Waals surface area contributed by atoms with Crippen LogP contribution in [0.1, 0.15) is 0 Å². The third-order valence-electron chi connectivity index (χ3n) is 3.58. The van der Waals surface area contributed by atoms with Crippen molar-refractivity contribution in [2.75, 3.05) is 37.4 Å². The van der Waals surface area contributed by atoms with Crippen LogP contribution in [0.5, 0.6) is 5.75 Å². The minimum atomic E-state index is -4.76. The van der Waals surface area contributed by atoms with Gasteiger partial charge < -0.3 is 9.64 Å². The van der Waals surface area contributed by atoms with E-state index in [1.165, 1.54) is 34.4 Å². The Morgan fingerprint density at radius 2 is 2.00 bits per heavy atom. The maximum Gasteiger partial charge on any atom is 0.573 e. The molecule has 3 rings (SSSR count). The lowest BCUT2D eigenvalue weighted by Crippen LogP contribution is -2.39. The molecule has 0 radical (unpaired) electrons. The third kappa shape index (κ3) is 6.46. The summed E-state index contributed by atoms with van der Waals surface area (Å²) in [4.78, 5) is 20.6. The van der Waals surface area contributed by atoms with Gasteiger partial charge in [0, 0.05) is 19.2 Å². The Balaban J connectivity index is 0.00000300. The summed E-state index contributed by atoms with van der Waals surface area (Å²) in [5, 5.41) is 5.75. The number of thiophene rings is 1. The predicted octanol–water partition coefficient (Wildman–Crippen LogP) is 5.28. The van der Waals surface area contributed by atoms with Crippen LogP contribution in [-0.2, 0) is 0 Å². The molecule has 6 nitrogen and oxygen atoms in total. The maximum absolute atomic E-state index is 12.8. The highest BCUT2D eigenvalue weighted by molar-refractivity contribution is 7.22. The fourth-order valence-corrected chi connectivity index (χ4v) is 3.94. The van der Waals surface area contributed by atoms with Crippen molar-refractivity contribution in [1.29, 1.82) is 0 Å². The normalized spacial score (nSPS) is 11.4. The number of rotatable bonds is 6. The minimum Gasteiger partial charge on any atom is -0.406 e. The van der Waals surface area contributed by atoms with Crippen molar-refractivity contribution in [3.05, 3.63) is 35.7 Å². The van der Waals surface area contributed by atoms with Crippen LogP contribution in [0.2, 0.25) is 0 Å². The largest absolute Gasteiger partial charge is 0.573 e. The van der Waals surface area contributed by atoms with Crippen molar-refractivity contribution in [1.82, 2.24) is 9.88 Å². The highest BCUT2D eigenvalue weighted by Crippen LogP contribution is 2.33. The minimum absolute atomic E-state index is 0. The van der Waals surface area contributed by atoms with Crippen LogP contribution in [0, 0.1) is 0 Å². The Hall–Kier alpha value is -2.08. The lowest BCUT2D eigenvalue weighted by molar-refractivity contribution is -0.274. The molecule has 0 aliphatic heterocycles. The Morgan fingerprint density at radius 1 is 1.24 bits per heavy atom. The molecule has 29 heavy (non-hydrogen) atoms. The van der Waals surface area contributed by atoms with Gasteiger partial charge in [0.1, 0.15) is 5.75 Å². The molecule has 1 N–H and O–H groups in total. The molecule has 12 heteroatoms. The van der Waals surface area contributed by atoms with Gasteiger partial charge in [0.15, 0.2) is 5.13 Å². The number of halogens is 4. The molecule has 0 bridgehead atoms. The van der Waals surface area contributed by atoms with Gasteiger partial charge in [0.25, 0.3) is 0 Å². The van der Waals surface area contributed by atoms with E-state index in [0.29, 0.717) is 33.4 Å². The number of carbonyl (C=O) groups excluding carboxylic acids is 1. The number of nitrogens with one attached hydrogen (secondary N) is 1. The van der Waals surface area contributed by atoms with Crippen molar-refractivity contribution < 1.29 is 22.7 Å². The van der Waals surface area contributed by atoms with E-state index in [1.807, 2.05) is 30.4 Å². The summed E-state index contributed by atoms with van der Waals surface area (Å²) < 4.78 is 41.8. The number of urea groups is 1. The molecule has 2 amide bonds. The van der Waals surface area contributed by atoms with Crippen LogP contribution < -0.4 is 15.0 Å². The first-order valence-electron chi connectivity index (χ1n) is 8.14. The summed E-state index contributed by atoms with van der Waals surface area (Å²) in [6.07, 6.45) is -4.76. The number of amides is 2. The van der Waals surface area contributed by atoms with Crippen LogP contribution in [0.3, 0.4) is 0 Å². The monoisotopic (exact) mass is 466 g/mol. The summed E-state index contributed by atoms with van der Waals surface area (Å²) in [6, 6.07) is 7.17. The molecule has 0 saturated carbocycles. The fraction of sp³-hybridized carbons (Fsp3) is 0.294. The number of fused-ring (bicyclic) bond motifs is 1. The van der Waals surface area contributed by atoms with E-state index in [2.05, 4.69) is 15.0 Å². The highest BCUT2D eigenvalue weighted by atomic mass is 35.5. The van der Waals surface area contributed by atoms with E-state index in [4.69, 9.17) is 0 Å². The average molecular weight is 467 g/mol. The van der Waals surface area contributed by atoms with Crippen LogP contribution in [-0.4, -0.2) is 49.5 Å². The van der Waals surface area contributed by atoms with Gasteiger partial charge in [-0.2, -0.15) is 0 Å². The average Bonchev–Trinajstić information content (AvgIpc) is 3.22. The van der Waals surface area contributed by atoms with Gasteiger partial charge in [0.05, 0.1) is 15.2 Å². The molecule has 2 heterocycles. The molecule has 0 saturated heterocycles. The first-order valence-corrected chi connectivity index (χ1v) is 9.84. The Kier molecular flexibility index (Phi) is 7.69. The van der Waals surface area contributed by atoms with Gasteiger partial charge in [-0.1, -0.05) is 11.3 Å². The number of hydrogen-bond donors (Lipinski definition) is 1. The molecule has 0 unspecified atom stereocenters. The van der Waals surface area contributed by atoms with E-state index in [9.17, 15) is 18.0 Å². The molecular weight excluding hydrogens is 449 g/mol. The Bertz CT molecular complexity index is 948. The van der Waals surface area contributed by atoms with Gasteiger partial charge in [-0.25, -0.2) is 9.78 Å². The number of ether oxygens (including phenoxy) is 1. The van der Waals surface area contributed by atoms with E-state index in [-0.39, 0.29) is 24.2 Å². The molecular formula is C17H18ClF3N4O2S2. The fourth-order valence-electron chi connectivity index (χ4n) is 2.31. The van der Waals surface area contributed by atoms with Gasteiger partial charge in [-0.15, -0.1) is 36.9 Å². The molecule has 0 aliphatic carbocycles. The number of aromatic nitrogens is 1. The van der Waals surface area contributed by atoms with Crippen LogP contribution in [0.4, 0.5) is 28.1 Å². The van der Waals surface area contributed by atoms with Crippen molar-refractivity contribution in [2.45, 2.75) is 6.36 Å². The molecule has 0 aliphatic rings. The molecule has 1 aromatic carbocycles. The number of alkyl halides is 3. The number of carbonyl (C=O) groups is 1. The topological polar surface area (TPSA) is 57.7 Å². The van der Waals surface area contributed by atoms with E-state index in [0.717, 1.165) is 11.3 Å². The smallest absolute Gasteiger partial charge is 0.406 e. The zero-order valence-electron chi connectivity index (χ0n) is 15.4. The van der Waals surface area contributed by atoms with E-state index in [1.54, 1.807) is 6.07 Å². The summed E-state index contributed by atoms with van der Waals surface area (Å²) in [7, 11) is 3.77. The lowest BCUT2D eigenvalue weighted by Gasteiger charge is -2.21. The zero-order chi connectivity index (χ0) is 20.3. The first kappa shape index (κ1) is 23.2. The van der Waals surface area contributed by atoms with E-state index >= 15 is 0 Å². The van der Waals surface area contributed by atoms with Gasteiger partial charge in [-0.3, -0.25) is 10.2 Å². The lowest BCUT2D eigenvalue weighted by atomic mass is 10.3. The third-order valence-corrected chi connectivity index (χ3v) is 5.41. The Morgan fingerprint density at radius 3 is 2.62 bits per heavy atom. The molecule has 3 aromatic rings. The maximum atomic E-state index is 12.8. The number of likely N-dealkylation sites (N-methyl/N-ethyl adjacent to an activating group) is 1. The van der Waals surface area contributed by atoms with Crippen molar-refractivity contribution >= 4 is 61.5 Å². The number of hydrogen-bond acceptors (Lipinski definition) is 6. The molecule has 0 atom stereocenters. The van der Waals surface area contributed by atoms with Gasteiger partial charge >= 0.3 is 12.4 Å². The molecule has 2 aromatic heterocycles. The summed E-state index contributed by atoms with van der Waals surface area (Å²) in [5.74, 6) is -0.321. The quantitative estimate of drug-likeness (QED) is 0.537. The van der Waals surface area contributed by atoms with E-state index < -0.39 is 6.36 Å². The molecule has 0 spiro atoms. The van der Waals surface area contributed by atoms with Crippen molar-refractivity contribution in [2.24, 2.45) is 0 Å². The van der Waals surface area contributed by atoms with Crippen molar-refractivity contribution in [3.63, 3.8) is 0 Å². The van der Waals surface area contributed by atoms with Crippen LogP contribution >= 0.6 is 35.1 Å². The SMILES string of the molecule is CN(C)CCN(C(=O)Nc1cccs1)c1nc2ccc(OC(F)(F)F)cc2s1.Cl. The summed E-state index contributed by atoms with van der Waals surface area (Å²) >= 11 is 2.52. The zero-order valence-corrected chi connectivity index (χ0v) is 17.8. The number of anilines is 2. The number of benzene rings is 1. The van der Waals surface area contributed by atoms with Crippen molar-refractivity contribution in [3.8, 4) is 5.75 Å². The van der Waals surface area contributed by atoms with Gasteiger partial charge in [0.2, 0.25) is 0 Å². The Labute approximate surface area is 179 Å². The number of nitrogens with zero attached hydrogens (tertiary/aromatic N) is 3. The first-order chi connectivity index (χ1) is 13.2. The molecule has 0 fully saturated rings. The second-order valence-electron chi connectivity index (χ2n) is 6.04. The van der Waals surface area contributed by atoms with Gasteiger partial charge in [-0.05, 0) is 43.7 Å². The van der Waals surface area contributed by atoms with Crippen LogP contribution in [0.25, 0.3) is 10.2 Å². The second kappa shape index (κ2) is 9.61. The molecule has 158 valence electrons. The second-order valence-corrected chi connectivity index (χ2v) is 7.99. The predicted molar refractivity (Wildman–Crippen MR) is 113 cm³/mol. The summed E-state index contributed by atoms with van der Waals surface area (Å²) in [6.45, 7) is 0.964. The summed E-state index contributed by atoms with van der Waals surface area (Å²) in [5.41, 5.74) is 0.494. The highest BCUT2D eigenvalue weighted by Gasteiger charge is 2.31.